The Kier molecular flexibility index (Phi) is 33.5. The van der Waals surface area contributed by atoms with E-state index in [9.17, 15) is 33.6 Å². The smallest absolute Gasteiger partial charge is 0.374 e. The fraction of sp³-hybridized carbons (Fsp3) is 0.526. The van der Waals surface area contributed by atoms with Crippen molar-refractivity contribution < 1.29 is 71.5 Å². The van der Waals surface area contributed by atoms with Gasteiger partial charge >= 0.3 is 11.9 Å². The highest BCUT2D eigenvalue weighted by Crippen LogP contribution is 2.01. The third-order valence-corrected chi connectivity index (χ3v) is 6.72. The van der Waals surface area contributed by atoms with Crippen LogP contribution in [0.3, 0.4) is 0 Å². The number of amides is 2. The molecule has 21 nitrogen and oxygen atoms in total. The minimum atomic E-state index is -0.925. The molecule has 0 aromatic carbocycles. The Morgan fingerprint density at radius 3 is 1.36 bits per heavy atom. The van der Waals surface area contributed by atoms with E-state index in [2.05, 4.69) is 20.5 Å². The summed E-state index contributed by atoms with van der Waals surface area (Å²) in [6.07, 6.45) is 6.10. The highest BCUT2D eigenvalue weighted by atomic mass is 16.6. The van der Waals surface area contributed by atoms with Crippen LogP contribution in [0.2, 0.25) is 0 Å². The molecule has 0 saturated carbocycles. The van der Waals surface area contributed by atoms with Crippen molar-refractivity contribution in [1.82, 2.24) is 20.8 Å². The number of nitrogens with zero attached hydrogens (tertiary/aromatic N) is 3. The van der Waals surface area contributed by atoms with Crippen molar-refractivity contribution in [3.05, 3.63) is 60.2 Å². The van der Waals surface area contributed by atoms with E-state index in [-0.39, 0.29) is 75.3 Å². The molecule has 4 N–H and O–H groups in total. The van der Waals surface area contributed by atoms with Gasteiger partial charge in [0.1, 0.15) is 30.5 Å². The topological polar surface area (TPSA) is 282 Å². The quantitative estimate of drug-likeness (QED) is 0.0192. The number of hydrazine groups is 1. The molecule has 0 aliphatic carbocycles. The minimum absolute atomic E-state index is 0.00269. The lowest BCUT2D eigenvalue weighted by atomic mass is 10.1. The van der Waals surface area contributed by atoms with Crippen molar-refractivity contribution in [1.29, 1.82) is 0 Å². The first-order valence-corrected chi connectivity index (χ1v) is 18.3. The fourth-order valence-electron chi connectivity index (χ4n) is 3.64. The molecule has 0 unspecified atom stereocenters. The molecule has 0 spiro atoms. The Bertz CT molecular complexity index is 1530. The molecular formula is C38H56N6O15. The molecule has 0 bridgehead atoms. The van der Waals surface area contributed by atoms with Crippen molar-refractivity contribution in [2.75, 3.05) is 93.5 Å². The number of carbonyl (C=O) groups is 7. The summed E-state index contributed by atoms with van der Waals surface area (Å²) >= 11 is 0. The third kappa shape index (κ3) is 31.3. The van der Waals surface area contributed by atoms with E-state index in [4.69, 9.17) is 43.7 Å². The van der Waals surface area contributed by atoms with Crippen LogP contribution in [0.15, 0.2) is 54.2 Å². The average molecular weight is 837 g/mol. The van der Waals surface area contributed by atoms with Gasteiger partial charge in [-0.1, -0.05) is 0 Å². The van der Waals surface area contributed by atoms with Gasteiger partial charge < -0.3 is 47.5 Å². The summed E-state index contributed by atoms with van der Waals surface area (Å²) in [5.74, 6) is 1.50. The van der Waals surface area contributed by atoms with Crippen LogP contribution in [0, 0.1) is 0 Å². The number of ketones is 3. The summed E-state index contributed by atoms with van der Waals surface area (Å²) in [5, 5.41) is 3.83. The number of Topliss-reactive ketones (excluding diaryl/α,β-unsaturated/α-hetero) is 3. The summed E-state index contributed by atoms with van der Waals surface area (Å²) in [6, 6.07) is 6.19. The van der Waals surface area contributed by atoms with Gasteiger partial charge in [0.25, 0.3) is 11.8 Å². The molecule has 0 atom stereocenters. The maximum absolute atomic E-state index is 12.2. The van der Waals surface area contributed by atoms with Crippen LogP contribution in [0.25, 0.3) is 0 Å². The number of hydrazone groups is 1. The van der Waals surface area contributed by atoms with Crippen molar-refractivity contribution >= 4 is 46.8 Å². The molecular weight excluding hydrogens is 780 g/mol. The Labute approximate surface area is 342 Å². The summed E-state index contributed by atoms with van der Waals surface area (Å²) in [5.41, 5.74) is 5.10. The number of esters is 2. The van der Waals surface area contributed by atoms with E-state index < -0.39 is 23.6 Å². The number of ether oxygens (including phenoxy) is 8. The summed E-state index contributed by atoms with van der Waals surface area (Å²) < 4.78 is 40.2. The second kappa shape index (κ2) is 36.9. The van der Waals surface area contributed by atoms with E-state index in [0.717, 1.165) is 0 Å². The lowest BCUT2D eigenvalue weighted by Crippen LogP contribution is -2.29. The van der Waals surface area contributed by atoms with Crippen molar-refractivity contribution in [3.8, 4) is 0 Å². The number of rotatable bonds is 29. The zero-order chi connectivity index (χ0) is 43.9. The predicted molar refractivity (Wildman–Crippen MR) is 209 cm³/mol. The SMILES string of the molecule is COCCOCCOCCOC(=O)/C(CCC(C)=O)=N\NC(=O)c1ccncc1.COCCOCCOCCOC(=O)C(=O)CCC(C)=O.NNC(=O)c1ccncc1. The van der Waals surface area contributed by atoms with E-state index in [1.165, 1.54) is 50.8 Å². The van der Waals surface area contributed by atoms with Gasteiger partial charge in [-0.3, -0.25) is 29.8 Å². The molecule has 21 heteroatoms. The molecule has 0 aliphatic heterocycles. The maximum atomic E-state index is 12.2. The van der Waals surface area contributed by atoms with Gasteiger partial charge in [-0.25, -0.2) is 20.9 Å². The largest absolute Gasteiger partial charge is 0.459 e. The first kappa shape index (κ1) is 53.6. The molecule has 0 fully saturated rings. The zero-order valence-corrected chi connectivity index (χ0v) is 34.0. The van der Waals surface area contributed by atoms with Gasteiger partial charge in [-0.05, 0) is 38.1 Å². The number of pyridine rings is 2. The van der Waals surface area contributed by atoms with Crippen LogP contribution in [0.1, 0.15) is 60.2 Å². The van der Waals surface area contributed by atoms with Gasteiger partial charge in [0.2, 0.25) is 5.78 Å². The summed E-state index contributed by atoms with van der Waals surface area (Å²) in [4.78, 5) is 86.8. The van der Waals surface area contributed by atoms with E-state index in [1.807, 2.05) is 5.43 Å². The monoisotopic (exact) mass is 836 g/mol. The van der Waals surface area contributed by atoms with Crippen molar-refractivity contribution in [2.45, 2.75) is 39.5 Å². The number of hydrogen-bond acceptors (Lipinski definition) is 19. The maximum Gasteiger partial charge on any atom is 0.374 e. The molecule has 0 aliphatic rings. The van der Waals surface area contributed by atoms with Crippen molar-refractivity contribution in [3.63, 3.8) is 0 Å². The molecule has 328 valence electrons. The molecule has 2 aromatic heterocycles. The molecule has 2 aromatic rings. The van der Waals surface area contributed by atoms with Gasteiger partial charge in [-0.2, -0.15) is 5.10 Å². The van der Waals surface area contributed by atoms with Gasteiger partial charge in [0, 0.05) is 75.8 Å². The average Bonchev–Trinajstić information content (AvgIpc) is 3.24. The Morgan fingerprint density at radius 1 is 0.542 bits per heavy atom. The number of nitrogens with two attached hydrogens (primary N) is 1. The van der Waals surface area contributed by atoms with E-state index in [0.29, 0.717) is 64.0 Å². The fourth-order valence-corrected chi connectivity index (χ4v) is 3.64. The second-order valence-corrected chi connectivity index (χ2v) is 11.5. The minimum Gasteiger partial charge on any atom is -0.459 e. The van der Waals surface area contributed by atoms with Gasteiger partial charge in [0.15, 0.2) is 0 Å². The highest BCUT2D eigenvalue weighted by molar-refractivity contribution is 6.36. The standard InChI is InChI=1S/C19H27N3O7.C13H22O7.C6H7N3O/c1-15(23)3-4-17(21-22-18(24)16-5-7-20-8-6-16)19(25)29-14-13-28-12-11-27-10-9-26-2;1-11(14)3-4-12(15)13(16)20-10-9-19-8-7-18-6-5-17-2;7-9-6(10)5-1-3-8-4-2-5/h5-8H,3-4,9-14H2,1-2H3,(H,22,24);3-10H2,1-2H3;1-4H,7H2,(H,9,10)/b21-17-;;. The molecule has 0 saturated heterocycles. The van der Waals surface area contributed by atoms with Gasteiger partial charge in [0.05, 0.1) is 66.1 Å². The molecule has 2 amide bonds. The second-order valence-electron chi connectivity index (χ2n) is 11.5. The lowest BCUT2D eigenvalue weighted by molar-refractivity contribution is -0.155. The van der Waals surface area contributed by atoms with E-state index in [1.54, 1.807) is 26.4 Å². The highest BCUT2D eigenvalue weighted by Gasteiger charge is 2.17. The molecule has 2 heterocycles. The Morgan fingerprint density at radius 2 is 0.932 bits per heavy atom. The number of methoxy groups -OCH3 is 2. The zero-order valence-electron chi connectivity index (χ0n) is 34.0. The third-order valence-electron chi connectivity index (χ3n) is 6.72. The molecule has 2 rings (SSSR count). The molecule has 59 heavy (non-hydrogen) atoms. The van der Waals surface area contributed by atoms with Crippen LogP contribution < -0.4 is 16.7 Å². The first-order valence-electron chi connectivity index (χ1n) is 18.3. The van der Waals surface area contributed by atoms with Crippen molar-refractivity contribution in [2.24, 2.45) is 10.9 Å². The summed E-state index contributed by atoms with van der Waals surface area (Å²) in [6.45, 7) is 6.74. The number of aromatic nitrogens is 2. The van der Waals surface area contributed by atoms with Gasteiger partial charge in [-0.15, -0.1) is 0 Å². The van der Waals surface area contributed by atoms with E-state index >= 15 is 0 Å². The normalized spacial score (nSPS) is 10.5. The number of nitrogen functional groups attached to an aromatic ring is 1. The summed E-state index contributed by atoms with van der Waals surface area (Å²) in [7, 11) is 3.18. The first-order chi connectivity index (χ1) is 28.5. The molecule has 0 radical (unpaired) electrons. The Balaban J connectivity index is 0.000000962. The van der Waals surface area contributed by atoms with Crippen LogP contribution in [-0.4, -0.2) is 150 Å². The van der Waals surface area contributed by atoms with Crippen LogP contribution in [0.5, 0.6) is 0 Å². The Hall–Kier alpha value is -5.42. The van der Waals surface area contributed by atoms with Crippen LogP contribution in [-0.2, 0) is 61.9 Å². The predicted octanol–water partition coefficient (Wildman–Crippen LogP) is 0.592. The number of nitrogens with one attached hydrogen (secondary N) is 2. The lowest BCUT2D eigenvalue weighted by Gasteiger charge is -2.09. The number of carbonyl (C=O) groups excluding carboxylic acids is 7. The van der Waals surface area contributed by atoms with Crippen LogP contribution >= 0.6 is 0 Å². The number of hydrogen-bond donors (Lipinski definition) is 3. The van der Waals surface area contributed by atoms with Crippen LogP contribution in [0.4, 0.5) is 0 Å².